The van der Waals surface area contributed by atoms with E-state index in [-0.39, 0.29) is 5.91 Å². The Kier molecular flexibility index (Phi) is 6.39. The van der Waals surface area contributed by atoms with Crippen molar-refractivity contribution in [3.63, 3.8) is 0 Å². The van der Waals surface area contributed by atoms with Gasteiger partial charge in [-0.25, -0.2) is 0 Å². The van der Waals surface area contributed by atoms with Crippen molar-refractivity contribution in [1.29, 1.82) is 0 Å². The van der Waals surface area contributed by atoms with Gasteiger partial charge in [0.1, 0.15) is 0 Å². The van der Waals surface area contributed by atoms with Crippen LogP contribution in [-0.2, 0) is 19.6 Å². The average molecular weight is 363 g/mol. The molecule has 0 spiro atoms. The fourth-order valence-electron chi connectivity index (χ4n) is 3.00. The highest BCUT2D eigenvalue weighted by molar-refractivity contribution is 5.92. The van der Waals surface area contributed by atoms with E-state index in [9.17, 15) is 4.79 Å². The van der Waals surface area contributed by atoms with Gasteiger partial charge >= 0.3 is 0 Å². The predicted octanol–water partition coefficient (Wildman–Crippen LogP) is 3.97. The maximum absolute atomic E-state index is 12.8. The van der Waals surface area contributed by atoms with Crippen molar-refractivity contribution in [2.24, 2.45) is 0 Å². The standard InChI is InChI=1S/C22H25N3O2/c1-3-25(16-19-12-8-5-9-13-19)22(26)21-14-20(27-23-21)17-24(2)15-18-10-6-4-7-11-18/h4-14H,3,15-17H2,1-2H3. The zero-order valence-electron chi connectivity index (χ0n) is 15.8. The minimum absolute atomic E-state index is 0.109. The fourth-order valence-corrected chi connectivity index (χ4v) is 3.00. The Morgan fingerprint density at radius 2 is 1.52 bits per heavy atom. The van der Waals surface area contributed by atoms with E-state index in [1.165, 1.54) is 5.56 Å². The summed E-state index contributed by atoms with van der Waals surface area (Å²) in [6.07, 6.45) is 0. The molecule has 5 heteroatoms. The zero-order chi connectivity index (χ0) is 19.1. The molecule has 0 unspecified atom stereocenters. The van der Waals surface area contributed by atoms with Crippen molar-refractivity contribution in [2.45, 2.75) is 26.6 Å². The molecule has 5 nitrogen and oxygen atoms in total. The lowest BCUT2D eigenvalue weighted by atomic mass is 10.2. The van der Waals surface area contributed by atoms with Gasteiger partial charge in [0.05, 0.1) is 6.54 Å². The van der Waals surface area contributed by atoms with Gasteiger partial charge < -0.3 is 9.42 Å². The first-order valence-electron chi connectivity index (χ1n) is 9.17. The van der Waals surface area contributed by atoms with Crippen molar-refractivity contribution >= 4 is 5.91 Å². The molecule has 1 amide bonds. The first-order valence-corrected chi connectivity index (χ1v) is 9.17. The first kappa shape index (κ1) is 18.9. The van der Waals surface area contributed by atoms with E-state index in [0.717, 1.165) is 12.1 Å². The molecule has 0 aliphatic heterocycles. The molecule has 0 radical (unpaired) electrons. The summed E-state index contributed by atoms with van der Waals surface area (Å²) < 4.78 is 5.40. The summed E-state index contributed by atoms with van der Waals surface area (Å²) in [5.74, 6) is 0.578. The van der Waals surface area contributed by atoms with Crippen LogP contribution < -0.4 is 0 Å². The Labute approximate surface area is 160 Å². The SMILES string of the molecule is CCN(Cc1ccccc1)C(=O)c1cc(CN(C)Cc2ccccc2)on1. The highest BCUT2D eigenvalue weighted by atomic mass is 16.5. The van der Waals surface area contributed by atoms with E-state index in [1.807, 2.05) is 62.5 Å². The molecular weight excluding hydrogens is 338 g/mol. The molecule has 3 rings (SSSR count). The topological polar surface area (TPSA) is 49.6 Å². The molecule has 0 N–H and O–H groups in total. The number of amides is 1. The number of benzene rings is 2. The third-order valence-electron chi connectivity index (χ3n) is 4.38. The monoisotopic (exact) mass is 363 g/mol. The van der Waals surface area contributed by atoms with E-state index in [1.54, 1.807) is 11.0 Å². The summed E-state index contributed by atoms with van der Waals surface area (Å²) in [5, 5.41) is 3.99. The van der Waals surface area contributed by atoms with E-state index in [2.05, 4.69) is 22.2 Å². The summed E-state index contributed by atoms with van der Waals surface area (Å²) >= 11 is 0. The molecule has 3 aromatic rings. The van der Waals surface area contributed by atoms with Crippen LogP contribution in [0.1, 0.15) is 34.3 Å². The molecule has 0 fully saturated rings. The van der Waals surface area contributed by atoms with Gasteiger partial charge in [0, 0.05) is 25.7 Å². The quantitative estimate of drug-likeness (QED) is 0.608. The maximum Gasteiger partial charge on any atom is 0.276 e. The van der Waals surface area contributed by atoms with Gasteiger partial charge in [0.2, 0.25) is 0 Å². The Balaban J connectivity index is 1.61. The molecule has 0 bridgehead atoms. The van der Waals surface area contributed by atoms with Crippen LogP contribution in [-0.4, -0.2) is 34.5 Å². The second-order valence-electron chi connectivity index (χ2n) is 6.64. The van der Waals surface area contributed by atoms with Crippen LogP contribution in [0.25, 0.3) is 0 Å². The largest absolute Gasteiger partial charge is 0.359 e. The Hall–Kier alpha value is -2.92. The minimum atomic E-state index is -0.109. The number of rotatable bonds is 8. The summed E-state index contributed by atoms with van der Waals surface area (Å²) in [6.45, 7) is 4.55. The lowest BCUT2D eigenvalue weighted by Crippen LogP contribution is -2.30. The molecule has 0 aliphatic rings. The number of carbonyl (C=O) groups excluding carboxylic acids is 1. The van der Waals surface area contributed by atoms with Crippen molar-refractivity contribution in [2.75, 3.05) is 13.6 Å². The van der Waals surface area contributed by atoms with Gasteiger partial charge in [-0.2, -0.15) is 0 Å². The third-order valence-corrected chi connectivity index (χ3v) is 4.38. The number of nitrogens with zero attached hydrogens (tertiary/aromatic N) is 3. The fraction of sp³-hybridized carbons (Fsp3) is 0.273. The number of hydrogen-bond acceptors (Lipinski definition) is 4. The zero-order valence-corrected chi connectivity index (χ0v) is 15.8. The van der Waals surface area contributed by atoms with Gasteiger partial charge in [-0.3, -0.25) is 9.69 Å². The molecule has 27 heavy (non-hydrogen) atoms. The van der Waals surface area contributed by atoms with Crippen LogP contribution in [0.5, 0.6) is 0 Å². The molecule has 140 valence electrons. The van der Waals surface area contributed by atoms with Gasteiger partial charge in [0.15, 0.2) is 11.5 Å². The second kappa shape index (κ2) is 9.14. The van der Waals surface area contributed by atoms with Crippen LogP contribution >= 0.6 is 0 Å². The van der Waals surface area contributed by atoms with Crippen molar-refractivity contribution in [3.8, 4) is 0 Å². The van der Waals surface area contributed by atoms with Gasteiger partial charge in [-0.05, 0) is 25.1 Å². The van der Waals surface area contributed by atoms with Crippen molar-refractivity contribution in [1.82, 2.24) is 15.0 Å². The van der Waals surface area contributed by atoms with Crippen LogP contribution in [0.3, 0.4) is 0 Å². The number of hydrogen-bond donors (Lipinski definition) is 0. The highest BCUT2D eigenvalue weighted by Crippen LogP contribution is 2.13. The van der Waals surface area contributed by atoms with Crippen LogP contribution in [0.2, 0.25) is 0 Å². The Morgan fingerprint density at radius 3 is 2.11 bits per heavy atom. The maximum atomic E-state index is 12.8. The lowest BCUT2D eigenvalue weighted by Gasteiger charge is -2.19. The predicted molar refractivity (Wildman–Crippen MR) is 105 cm³/mol. The molecule has 0 saturated carbocycles. The van der Waals surface area contributed by atoms with Gasteiger partial charge in [-0.15, -0.1) is 0 Å². The summed E-state index contributed by atoms with van der Waals surface area (Å²) in [4.78, 5) is 16.7. The summed E-state index contributed by atoms with van der Waals surface area (Å²) in [5.41, 5.74) is 2.69. The van der Waals surface area contributed by atoms with Crippen molar-refractivity contribution in [3.05, 3.63) is 89.3 Å². The number of aromatic nitrogens is 1. The first-order chi connectivity index (χ1) is 13.2. The molecule has 0 aliphatic carbocycles. The number of carbonyl (C=O) groups is 1. The molecule has 1 heterocycles. The van der Waals surface area contributed by atoms with Crippen LogP contribution in [0, 0.1) is 0 Å². The van der Waals surface area contributed by atoms with E-state index in [4.69, 9.17) is 4.52 Å². The normalized spacial score (nSPS) is 10.9. The van der Waals surface area contributed by atoms with Crippen LogP contribution in [0.4, 0.5) is 0 Å². The minimum Gasteiger partial charge on any atom is -0.359 e. The molecule has 0 atom stereocenters. The Morgan fingerprint density at radius 1 is 0.926 bits per heavy atom. The van der Waals surface area contributed by atoms with Crippen LogP contribution in [0.15, 0.2) is 71.3 Å². The van der Waals surface area contributed by atoms with Gasteiger partial charge in [0.25, 0.3) is 5.91 Å². The second-order valence-corrected chi connectivity index (χ2v) is 6.64. The van der Waals surface area contributed by atoms with E-state index in [0.29, 0.717) is 31.1 Å². The summed E-state index contributed by atoms with van der Waals surface area (Å²) in [7, 11) is 2.02. The molecule has 2 aromatic carbocycles. The highest BCUT2D eigenvalue weighted by Gasteiger charge is 2.19. The molecule has 0 saturated heterocycles. The average Bonchev–Trinajstić information content (AvgIpc) is 3.15. The Bertz CT molecular complexity index is 846. The summed E-state index contributed by atoms with van der Waals surface area (Å²) in [6, 6.07) is 22.0. The van der Waals surface area contributed by atoms with E-state index >= 15 is 0 Å². The van der Waals surface area contributed by atoms with Gasteiger partial charge in [-0.1, -0.05) is 65.8 Å². The smallest absolute Gasteiger partial charge is 0.276 e. The lowest BCUT2D eigenvalue weighted by molar-refractivity contribution is 0.0742. The third kappa shape index (κ3) is 5.28. The molecule has 1 aromatic heterocycles. The van der Waals surface area contributed by atoms with E-state index < -0.39 is 0 Å². The van der Waals surface area contributed by atoms with Crippen molar-refractivity contribution < 1.29 is 9.32 Å². The molecular formula is C22H25N3O2.